The van der Waals surface area contributed by atoms with Gasteiger partial charge in [0.25, 0.3) is 0 Å². The van der Waals surface area contributed by atoms with Crippen LogP contribution in [-0.2, 0) is 22.7 Å². The number of carbonyl (C=O) groups is 2. The van der Waals surface area contributed by atoms with Gasteiger partial charge in [-0.05, 0) is 44.0 Å². The van der Waals surface area contributed by atoms with E-state index in [1.165, 1.54) is 0 Å². The van der Waals surface area contributed by atoms with Crippen molar-refractivity contribution in [3.8, 4) is 5.75 Å². The molecule has 0 spiro atoms. The standard InChI is InChI=1S/C24H28N4O4/c1-2-31-24(30)27-14-12-18(13-15-27)25-23(29)16-28-21-11-7-6-10-20(21)26-22(28)17-32-19-8-4-3-5-9-19/h3-11,18H,2,12-17H2,1H3,(H,25,29). The molecule has 4 rings (SSSR count). The number of hydrogen-bond acceptors (Lipinski definition) is 5. The molecule has 1 saturated heterocycles. The highest BCUT2D eigenvalue weighted by Gasteiger charge is 2.25. The van der Waals surface area contributed by atoms with Crippen molar-refractivity contribution >= 4 is 23.0 Å². The minimum atomic E-state index is -0.287. The van der Waals surface area contributed by atoms with Gasteiger partial charge in [0, 0.05) is 19.1 Å². The predicted octanol–water partition coefficient (Wildman–Crippen LogP) is 3.35. The average Bonchev–Trinajstić information content (AvgIpc) is 3.16. The Balaban J connectivity index is 1.40. The van der Waals surface area contributed by atoms with Crippen LogP contribution >= 0.6 is 0 Å². The van der Waals surface area contributed by atoms with Crippen LogP contribution in [0.1, 0.15) is 25.6 Å². The predicted molar refractivity (Wildman–Crippen MR) is 120 cm³/mol. The number of nitrogens with zero attached hydrogens (tertiary/aromatic N) is 3. The molecule has 2 aromatic carbocycles. The van der Waals surface area contributed by atoms with Gasteiger partial charge in [-0.3, -0.25) is 4.79 Å². The fourth-order valence-electron chi connectivity index (χ4n) is 3.91. The second-order valence-corrected chi connectivity index (χ2v) is 7.73. The van der Waals surface area contributed by atoms with Gasteiger partial charge >= 0.3 is 6.09 Å². The number of hydrogen-bond donors (Lipinski definition) is 1. The average molecular weight is 437 g/mol. The Morgan fingerprint density at radius 3 is 2.53 bits per heavy atom. The number of para-hydroxylation sites is 3. The number of imidazole rings is 1. The highest BCUT2D eigenvalue weighted by Crippen LogP contribution is 2.19. The minimum Gasteiger partial charge on any atom is -0.486 e. The molecule has 0 saturated carbocycles. The lowest BCUT2D eigenvalue weighted by molar-refractivity contribution is -0.122. The quantitative estimate of drug-likeness (QED) is 0.614. The smallest absolute Gasteiger partial charge is 0.409 e. The monoisotopic (exact) mass is 436 g/mol. The zero-order valence-electron chi connectivity index (χ0n) is 18.2. The Kier molecular flexibility index (Phi) is 6.89. The fourth-order valence-corrected chi connectivity index (χ4v) is 3.91. The van der Waals surface area contributed by atoms with E-state index in [4.69, 9.17) is 9.47 Å². The summed E-state index contributed by atoms with van der Waals surface area (Å²) in [7, 11) is 0. The number of carbonyl (C=O) groups excluding carboxylic acids is 2. The van der Waals surface area contributed by atoms with Crippen molar-refractivity contribution in [2.45, 2.75) is 39.0 Å². The van der Waals surface area contributed by atoms with Gasteiger partial charge in [-0.1, -0.05) is 30.3 Å². The number of amides is 2. The maximum Gasteiger partial charge on any atom is 0.409 e. The van der Waals surface area contributed by atoms with E-state index in [-0.39, 0.29) is 31.2 Å². The largest absolute Gasteiger partial charge is 0.486 e. The number of nitrogens with one attached hydrogen (secondary N) is 1. The second-order valence-electron chi connectivity index (χ2n) is 7.73. The van der Waals surface area contributed by atoms with E-state index in [0.29, 0.717) is 38.4 Å². The highest BCUT2D eigenvalue weighted by molar-refractivity contribution is 5.81. The van der Waals surface area contributed by atoms with E-state index in [0.717, 1.165) is 16.8 Å². The van der Waals surface area contributed by atoms with Crippen LogP contribution < -0.4 is 10.1 Å². The zero-order chi connectivity index (χ0) is 22.3. The molecule has 0 radical (unpaired) electrons. The summed E-state index contributed by atoms with van der Waals surface area (Å²) in [6, 6.07) is 17.3. The molecule has 1 aliphatic rings. The molecule has 1 N–H and O–H groups in total. The first-order valence-corrected chi connectivity index (χ1v) is 11.0. The summed E-state index contributed by atoms with van der Waals surface area (Å²) < 4.78 is 12.8. The molecule has 1 aliphatic heterocycles. The summed E-state index contributed by atoms with van der Waals surface area (Å²) in [6.45, 7) is 3.74. The Hall–Kier alpha value is -3.55. The molecule has 168 valence electrons. The molecular formula is C24H28N4O4. The third-order valence-electron chi connectivity index (χ3n) is 5.53. The van der Waals surface area contributed by atoms with Crippen LogP contribution in [-0.4, -0.2) is 52.2 Å². The van der Waals surface area contributed by atoms with Crippen molar-refractivity contribution in [3.05, 3.63) is 60.4 Å². The molecule has 1 aromatic heterocycles. The van der Waals surface area contributed by atoms with Crippen LogP contribution in [0.3, 0.4) is 0 Å². The number of ether oxygens (including phenoxy) is 2. The second kappa shape index (κ2) is 10.2. The molecule has 1 fully saturated rings. The summed E-state index contributed by atoms with van der Waals surface area (Å²) in [4.78, 5) is 31.1. The molecular weight excluding hydrogens is 408 g/mol. The van der Waals surface area contributed by atoms with Crippen molar-refractivity contribution in [3.63, 3.8) is 0 Å². The first-order valence-electron chi connectivity index (χ1n) is 11.0. The Labute approximate surface area is 187 Å². The number of aromatic nitrogens is 2. The highest BCUT2D eigenvalue weighted by atomic mass is 16.6. The lowest BCUT2D eigenvalue weighted by Gasteiger charge is -2.31. The van der Waals surface area contributed by atoms with Crippen LogP contribution in [0.25, 0.3) is 11.0 Å². The van der Waals surface area contributed by atoms with E-state index >= 15 is 0 Å². The number of likely N-dealkylation sites (tertiary alicyclic amines) is 1. The zero-order valence-corrected chi connectivity index (χ0v) is 18.2. The van der Waals surface area contributed by atoms with Crippen LogP contribution in [0.15, 0.2) is 54.6 Å². The Bertz CT molecular complexity index is 1060. The van der Waals surface area contributed by atoms with Gasteiger partial charge in [0.05, 0.1) is 17.6 Å². The topological polar surface area (TPSA) is 85.7 Å². The summed E-state index contributed by atoms with van der Waals surface area (Å²) in [5.74, 6) is 1.37. The lowest BCUT2D eigenvalue weighted by Crippen LogP contribution is -2.47. The van der Waals surface area contributed by atoms with E-state index < -0.39 is 0 Å². The molecule has 0 bridgehead atoms. The first-order chi connectivity index (χ1) is 15.6. The van der Waals surface area contributed by atoms with Crippen molar-refractivity contribution in [2.24, 2.45) is 0 Å². The van der Waals surface area contributed by atoms with Crippen molar-refractivity contribution in [2.75, 3.05) is 19.7 Å². The molecule has 8 heteroatoms. The molecule has 8 nitrogen and oxygen atoms in total. The van der Waals surface area contributed by atoms with Gasteiger partial charge in [0.2, 0.25) is 5.91 Å². The number of rotatable bonds is 7. The van der Waals surface area contributed by atoms with Gasteiger partial charge in [-0.15, -0.1) is 0 Å². The van der Waals surface area contributed by atoms with E-state index in [2.05, 4.69) is 10.3 Å². The molecule has 2 heterocycles. The van der Waals surface area contributed by atoms with E-state index in [1.807, 2.05) is 59.2 Å². The molecule has 32 heavy (non-hydrogen) atoms. The number of piperidine rings is 1. The van der Waals surface area contributed by atoms with Crippen LogP contribution in [0.5, 0.6) is 5.75 Å². The van der Waals surface area contributed by atoms with E-state index in [9.17, 15) is 9.59 Å². The Morgan fingerprint density at radius 2 is 1.78 bits per heavy atom. The first kappa shape index (κ1) is 21.7. The van der Waals surface area contributed by atoms with Crippen LogP contribution in [0, 0.1) is 0 Å². The molecule has 3 aromatic rings. The summed E-state index contributed by atoms with van der Waals surface area (Å²) >= 11 is 0. The van der Waals surface area contributed by atoms with Gasteiger partial charge < -0.3 is 24.3 Å². The van der Waals surface area contributed by atoms with Gasteiger partial charge in [-0.25, -0.2) is 9.78 Å². The Morgan fingerprint density at radius 1 is 1.06 bits per heavy atom. The van der Waals surface area contributed by atoms with Crippen molar-refractivity contribution < 1.29 is 19.1 Å². The SMILES string of the molecule is CCOC(=O)N1CCC(NC(=O)Cn2c(COc3ccccc3)nc3ccccc32)CC1. The molecule has 0 atom stereocenters. The van der Waals surface area contributed by atoms with Gasteiger partial charge in [0.15, 0.2) is 0 Å². The van der Waals surface area contributed by atoms with Crippen LogP contribution in [0.4, 0.5) is 4.79 Å². The lowest BCUT2D eigenvalue weighted by atomic mass is 10.1. The number of benzene rings is 2. The summed E-state index contributed by atoms with van der Waals surface area (Å²) in [5.41, 5.74) is 1.72. The molecule has 0 unspecified atom stereocenters. The van der Waals surface area contributed by atoms with Crippen molar-refractivity contribution in [1.29, 1.82) is 0 Å². The maximum absolute atomic E-state index is 12.9. The summed E-state index contributed by atoms with van der Waals surface area (Å²) in [6.07, 6.45) is 1.13. The molecule has 0 aliphatic carbocycles. The third-order valence-corrected chi connectivity index (χ3v) is 5.53. The van der Waals surface area contributed by atoms with E-state index in [1.54, 1.807) is 11.8 Å². The summed E-state index contributed by atoms with van der Waals surface area (Å²) in [5, 5.41) is 3.11. The van der Waals surface area contributed by atoms with Gasteiger partial charge in [-0.2, -0.15) is 0 Å². The molecule has 2 amide bonds. The van der Waals surface area contributed by atoms with Crippen molar-refractivity contribution in [1.82, 2.24) is 19.8 Å². The number of fused-ring (bicyclic) bond motifs is 1. The fraction of sp³-hybridized carbons (Fsp3) is 0.375. The maximum atomic E-state index is 12.9. The third kappa shape index (κ3) is 5.19. The van der Waals surface area contributed by atoms with Gasteiger partial charge in [0.1, 0.15) is 24.7 Å². The minimum absolute atomic E-state index is 0.0342. The normalized spacial score (nSPS) is 14.3. The van der Waals surface area contributed by atoms with Crippen LogP contribution in [0.2, 0.25) is 0 Å².